The number of hydrogen-bond donors (Lipinski definition) is 1. The summed E-state index contributed by atoms with van der Waals surface area (Å²) in [6.07, 6.45) is 1.58. The molecular weight excluding hydrogens is 411 g/mol. The third kappa shape index (κ3) is 5.15. The molecule has 0 fully saturated rings. The lowest BCUT2D eigenvalue weighted by atomic mass is 10.0. The molecule has 30 heavy (non-hydrogen) atoms. The summed E-state index contributed by atoms with van der Waals surface area (Å²) in [4.78, 5) is 22.7. The molecule has 0 radical (unpaired) electrons. The molecule has 9 heteroatoms. The van der Waals surface area contributed by atoms with E-state index < -0.39 is 25.9 Å². The molecule has 0 saturated carbocycles. The molecule has 0 aliphatic heterocycles. The fraction of sp³-hybridized carbons (Fsp3) is 0. The highest BCUT2D eigenvalue weighted by Gasteiger charge is 2.15. The van der Waals surface area contributed by atoms with Crippen LogP contribution >= 0.6 is 0 Å². The fourth-order valence-corrected chi connectivity index (χ4v) is 3.12. The van der Waals surface area contributed by atoms with Gasteiger partial charge >= 0.3 is 10.2 Å². The van der Waals surface area contributed by atoms with Crippen molar-refractivity contribution in [2.24, 2.45) is 0 Å². The molecule has 0 saturated heterocycles. The van der Waals surface area contributed by atoms with Gasteiger partial charge in [-0.2, -0.15) is 8.42 Å². The first-order valence-corrected chi connectivity index (χ1v) is 10.00. The first-order valence-electron chi connectivity index (χ1n) is 8.62. The Kier molecular flexibility index (Phi) is 6.03. The number of benzene rings is 3. The van der Waals surface area contributed by atoms with Gasteiger partial charge in [0, 0.05) is 23.4 Å². The summed E-state index contributed by atoms with van der Waals surface area (Å²) in [5.41, 5.74) is 1.68. The van der Waals surface area contributed by atoms with Gasteiger partial charge in [0.25, 0.3) is 11.6 Å². The Balaban J connectivity index is 1.92. The maximum Gasteiger partial charge on any atom is 0.332 e. The van der Waals surface area contributed by atoms with Crippen molar-refractivity contribution in [2.45, 2.75) is 4.90 Å². The Bertz CT molecular complexity index is 1210. The van der Waals surface area contributed by atoms with Crippen molar-refractivity contribution in [3.63, 3.8) is 0 Å². The van der Waals surface area contributed by atoms with Crippen LogP contribution in [0.5, 0.6) is 0 Å². The van der Waals surface area contributed by atoms with Crippen LogP contribution in [0.4, 0.5) is 15.3 Å². The summed E-state index contributed by atoms with van der Waals surface area (Å²) in [6.45, 7) is 0. The van der Waals surface area contributed by atoms with Gasteiger partial charge < -0.3 is 5.32 Å². The summed E-state index contributed by atoms with van der Waals surface area (Å²) in [5, 5.41) is 13.5. The highest BCUT2D eigenvalue weighted by molar-refractivity contribution is 7.86. The van der Waals surface area contributed by atoms with Crippen molar-refractivity contribution in [2.75, 3.05) is 5.32 Å². The van der Waals surface area contributed by atoms with Crippen LogP contribution in [0.25, 0.3) is 11.6 Å². The number of rotatable bonds is 6. The van der Waals surface area contributed by atoms with E-state index in [1.807, 2.05) is 0 Å². The molecule has 0 atom stereocenters. The molecule has 3 aromatic carbocycles. The van der Waals surface area contributed by atoms with E-state index in [9.17, 15) is 27.2 Å². The Hall–Kier alpha value is -3.85. The Labute approximate surface area is 171 Å². The first kappa shape index (κ1) is 20.9. The van der Waals surface area contributed by atoms with E-state index in [1.165, 1.54) is 36.4 Å². The Morgan fingerprint density at radius 3 is 2.07 bits per heavy atom. The van der Waals surface area contributed by atoms with Crippen molar-refractivity contribution in [1.82, 2.24) is 0 Å². The monoisotopic (exact) mass is 426 g/mol. The van der Waals surface area contributed by atoms with E-state index in [2.05, 4.69) is 5.32 Å². The fourth-order valence-electron chi connectivity index (χ4n) is 2.66. The van der Waals surface area contributed by atoms with Crippen LogP contribution in [-0.2, 0) is 15.0 Å². The van der Waals surface area contributed by atoms with E-state index in [0.717, 1.165) is 12.1 Å². The predicted octanol–water partition coefficient (Wildman–Crippen LogP) is 4.43. The van der Waals surface area contributed by atoms with E-state index >= 15 is 0 Å². The summed E-state index contributed by atoms with van der Waals surface area (Å²) in [7, 11) is -4.83. The van der Waals surface area contributed by atoms with Crippen molar-refractivity contribution in [3.05, 3.63) is 100 Å². The van der Waals surface area contributed by atoms with Crippen LogP contribution in [0.2, 0.25) is 0 Å². The molecule has 0 bridgehead atoms. The minimum Gasteiger partial charge on any atom is -0.322 e. The van der Waals surface area contributed by atoms with Gasteiger partial charge in [-0.3, -0.25) is 14.9 Å². The van der Waals surface area contributed by atoms with Crippen LogP contribution < -0.4 is 5.32 Å². The second kappa shape index (κ2) is 8.66. The number of amides is 1. The van der Waals surface area contributed by atoms with Gasteiger partial charge in [-0.15, -0.1) is 3.89 Å². The van der Waals surface area contributed by atoms with Crippen molar-refractivity contribution >= 4 is 39.2 Å². The van der Waals surface area contributed by atoms with Crippen LogP contribution in [0.3, 0.4) is 0 Å². The molecule has 152 valence electrons. The lowest BCUT2D eigenvalue weighted by Crippen LogP contribution is -2.13. The number of nitrogens with one attached hydrogen (secondary N) is 1. The topological polar surface area (TPSA) is 106 Å². The number of halogens is 1. The van der Waals surface area contributed by atoms with Gasteiger partial charge in [-0.25, -0.2) is 0 Å². The predicted molar refractivity (Wildman–Crippen MR) is 111 cm³/mol. The van der Waals surface area contributed by atoms with Gasteiger partial charge in [0.05, 0.1) is 9.82 Å². The van der Waals surface area contributed by atoms with Gasteiger partial charge in [-0.1, -0.05) is 30.3 Å². The summed E-state index contributed by atoms with van der Waals surface area (Å²) < 4.78 is 34.9. The normalized spacial score (nSPS) is 11.7. The van der Waals surface area contributed by atoms with E-state index in [4.69, 9.17) is 0 Å². The summed E-state index contributed by atoms with van der Waals surface area (Å²) in [6, 6.07) is 19.1. The minimum absolute atomic E-state index is 0.0687. The molecule has 0 heterocycles. The third-order valence-corrected chi connectivity index (χ3v) is 4.97. The average molecular weight is 426 g/mol. The molecule has 3 rings (SSSR count). The van der Waals surface area contributed by atoms with Crippen molar-refractivity contribution in [3.8, 4) is 0 Å². The number of anilines is 1. The lowest BCUT2D eigenvalue weighted by molar-refractivity contribution is -0.384. The number of carbonyl (C=O) groups is 1. The molecule has 0 spiro atoms. The number of hydrogen-bond acceptors (Lipinski definition) is 5. The van der Waals surface area contributed by atoms with Gasteiger partial charge in [0.1, 0.15) is 0 Å². The highest BCUT2D eigenvalue weighted by atomic mass is 32.3. The highest BCUT2D eigenvalue weighted by Crippen LogP contribution is 2.23. The maximum atomic E-state index is 13.0. The smallest absolute Gasteiger partial charge is 0.322 e. The lowest BCUT2D eigenvalue weighted by Gasteiger charge is -2.10. The van der Waals surface area contributed by atoms with Crippen molar-refractivity contribution in [1.29, 1.82) is 0 Å². The number of nitro groups is 1. The van der Waals surface area contributed by atoms with Gasteiger partial charge in [0.15, 0.2) is 0 Å². The van der Waals surface area contributed by atoms with Gasteiger partial charge in [-0.05, 0) is 53.6 Å². The molecule has 7 nitrogen and oxygen atoms in total. The SMILES string of the molecule is O=C(Nc1ccc(S(=O)(=O)F)cc1)/C(=C\c1ccc([N+](=O)[O-])cc1)c1ccccc1. The quantitative estimate of drug-likeness (QED) is 0.206. The van der Waals surface area contributed by atoms with Crippen LogP contribution in [-0.4, -0.2) is 19.2 Å². The van der Waals surface area contributed by atoms with Crippen LogP contribution in [0.15, 0.2) is 83.8 Å². The Morgan fingerprint density at radius 2 is 1.53 bits per heavy atom. The third-order valence-electron chi connectivity index (χ3n) is 4.14. The molecule has 1 N–H and O–H groups in total. The summed E-state index contributed by atoms with van der Waals surface area (Å²) in [5.74, 6) is -0.490. The summed E-state index contributed by atoms with van der Waals surface area (Å²) >= 11 is 0. The van der Waals surface area contributed by atoms with Crippen molar-refractivity contribution < 1.29 is 22.0 Å². The second-order valence-electron chi connectivity index (χ2n) is 6.19. The zero-order valence-corrected chi connectivity index (χ0v) is 16.2. The number of non-ortho nitro benzene ring substituents is 1. The standard InChI is InChI=1S/C21H15FN2O5S/c22-30(28,29)19-12-8-17(9-13-19)23-21(25)20(16-4-2-1-3-5-16)14-15-6-10-18(11-7-15)24(26)27/h1-14H,(H,23,25)/b20-14-. The molecule has 0 aromatic heterocycles. The van der Waals surface area contributed by atoms with E-state index in [-0.39, 0.29) is 16.9 Å². The minimum atomic E-state index is -4.83. The zero-order valence-electron chi connectivity index (χ0n) is 15.4. The van der Waals surface area contributed by atoms with E-state index in [1.54, 1.807) is 36.4 Å². The molecule has 1 amide bonds. The molecule has 0 unspecified atom stereocenters. The second-order valence-corrected chi connectivity index (χ2v) is 7.54. The number of nitro benzene ring substituents is 1. The largest absolute Gasteiger partial charge is 0.332 e. The number of nitrogens with zero attached hydrogens (tertiary/aromatic N) is 1. The van der Waals surface area contributed by atoms with Crippen LogP contribution in [0.1, 0.15) is 11.1 Å². The Morgan fingerprint density at radius 1 is 0.933 bits per heavy atom. The zero-order chi connectivity index (χ0) is 21.7. The van der Waals surface area contributed by atoms with Gasteiger partial charge in [0.2, 0.25) is 0 Å². The average Bonchev–Trinajstić information content (AvgIpc) is 2.72. The first-order chi connectivity index (χ1) is 14.2. The molecule has 3 aromatic rings. The number of carbonyl (C=O) groups excluding carboxylic acids is 1. The molecular formula is C21H15FN2O5S. The molecule has 0 aliphatic rings. The maximum absolute atomic E-state index is 13.0. The van der Waals surface area contributed by atoms with E-state index in [0.29, 0.717) is 11.1 Å². The molecule has 0 aliphatic carbocycles. The van der Waals surface area contributed by atoms with Crippen LogP contribution in [0, 0.1) is 10.1 Å².